The number of hydrogen-bond donors (Lipinski definition) is 1. The number of halogens is 2. The van der Waals surface area contributed by atoms with Crippen LogP contribution in [0.3, 0.4) is 0 Å². The maximum Gasteiger partial charge on any atom is 0.251 e. The van der Waals surface area contributed by atoms with Gasteiger partial charge >= 0.3 is 0 Å². The van der Waals surface area contributed by atoms with Crippen molar-refractivity contribution in [3.63, 3.8) is 0 Å². The molecular weight excluding hydrogens is 349 g/mol. The largest absolute Gasteiger partial charge is 0.493 e. The number of carbonyl (C=O) groups excluding carboxylic acids is 1. The number of anilines is 1. The minimum atomic E-state index is -0.256. The van der Waals surface area contributed by atoms with E-state index in [2.05, 4.69) is 5.32 Å². The highest BCUT2D eigenvalue weighted by Gasteiger charge is 2.09. The molecule has 0 radical (unpaired) electrons. The maximum atomic E-state index is 12.3. The van der Waals surface area contributed by atoms with Crippen LogP contribution in [0.25, 0.3) is 6.08 Å². The van der Waals surface area contributed by atoms with Gasteiger partial charge in [-0.3, -0.25) is 4.79 Å². The molecule has 24 heavy (non-hydrogen) atoms. The van der Waals surface area contributed by atoms with E-state index in [1.807, 2.05) is 6.07 Å². The van der Waals surface area contributed by atoms with Crippen LogP contribution in [0.1, 0.15) is 12.5 Å². The molecular formula is C18H17Cl2NO3. The van der Waals surface area contributed by atoms with Crippen molar-refractivity contribution in [1.82, 2.24) is 0 Å². The van der Waals surface area contributed by atoms with Crippen LogP contribution in [0, 0.1) is 0 Å². The van der Waals surface area contributed by atoms with Crippen molar-refractivity contribution in [1.29, 1.82) is 0 Å². The smallest absolute Gasteiger partial charge is 0.251 e. The van der Waals surface area contributed by atoms with Crippen LogP contribution in [-0.4, -0.2) is 20.1 Å². The SMILES string of the molecule is COc1ccc(/C=C(\C)C(=O)Nc2ccc(Cl)cc2Cl)cc1OC. The molecule has 0 saturated heterocycles. The number of rotatable bonds is 5. The Hall–Kier alpha value is -2.17. The summed E-state index contributed by atoms with van der Waals surface area (Å²) in [5.41, 5.74) is 1.85. The predicted octanol–water partition coefficient (Wildman–Crippen LogP) is 5.05. The minimum absolute atomic E-state index is 0.256. The van der Waals surface area contributed by atoms with Crippen molar-refractivity contribution in [2.45, 2.75) is 6.92 Å². The number of ether oxygens (including phenoxy) is 2. The molecule has 0 aliphatic heterocycles. The van der Waals surface area contributed by atoms with Crippen LogP contribution in [0.2, 0.25) is 10.0 Å². The molecule has 2 rings (SSSR count). The highest BCUT2D eigenvalue weighted by Crippen LogP contribution is 2.29. The first kappa shape index (κ1) is 18.2. The van der Waals surface area contributed by atoms with Gasteiger partial charge in [0.2, 0.25) is 0 Å². The lowest BCUT2D eigenvalue weighted by atomic mass is 10.1. The third kappa shape index (κ3) is 4.43. The van der Waals surface area contributed by atoms with Gasteiger partial charge in [-0.05, 0) is 48.9 Å². The molecule has 0 atom stereocenters. The average Bonchev–Trinajstić information content (AvgIpc) is 2.57. The highest BCUT2D eigenvalue weighted by molar-refractivity contribution is 6.36. The molecule has 0 aliphatic rings. The van der Waals surface area contributed by atoms with Gasteiger partial charge in [0, 0.05) is 10.6 Å². The van der Waals surface area contributed by atoms with E-state index in [-0.39, 0.29) is 5.91 Å². The molecule has 0 spiro atoms. The summed E-state index contributed by atoms with van der Waals surface area (Å²) in [6, 6.07) is 10.3. The maximum absolute atomic E-state index is 12.3. The zero-order chi connectivity index (χ0) is 17.7. The number of nitrogens with one attached hydrogen (secondary N) is 1. The van der Waals surface area contributed by atoms with E-state index in [1.165, 1.54) is 0 Å². The second kappa shape index (κ2) is 8.08. The van der Waals surface area contributed by atoms with Crippen molar-refractivity contribution >= 4 is 40.9 Å². The van der Waals surface area contributed by atoms with Crippen LogP contribution >= 0.6 is 23.2 Å². The highest BCUT2D eigenvalue weighted by atomic mass is 35.5. The van der Waals surface area contributed by atoms with Crippen molar-refractivity contribution in [2.24, 2.45) is 0 Å². The van der Waals surface area contributed by atoms with Gasteiger partial charge in [0.15, 0.2) is 11.5 Å². The molecule has 1 amide bonds. The summed E-state index contributed by atoms with van der Waals surface area (Å²) in [6.07, 6.45) is 1.75. The lowest BCUT2D eigenvalue weighted by molar-refractivity contribution is -0.112. The number of hydrogen-bond acceptors (Lipinski definition) is 3. The minimum Gasteiger partial charge on any atom is -0.493 e. The molecule has 0 bridgehead atoms. The number of amides is 1. The second-order valence-corrected chi connectivity index (χ2v) is 5.86. The number of carbonyl (C=O) groups is 1. The van der Waals surface area contributed by atoms with Crippen LogP contribution in [0.4, 0.5) is 5.69 Å². The first-order valence-corrected chi connectivity index (χ1v) is 7.87. The van der Waals surface area contributed by atoms with E-state index in [9.17, 15) is 4.79 Å². The Morgan fingerprint density at radius 3 is 2.38 bits per heavy atom. The Morgan fingerprint density at radius 2 is 1.75 bits per heavy atom. The van der Waals surface area contributed by atoms with E-state index in [1.54, 1.807) is 57.6 Å². The monoisotopic (exact) mass is 365 g/mol. The molecule has 1 N–H and O–H groups in total. The summed E-state index contributed by atoms with van der Waals surface area (Å²) in [7, 11) is 3.13. The van der Waals surface area contributed by atoms with Crippen LogP contribution in [-0.2, 0) is 4.79 Å². The van der Waals surface area contributed by atoms with E-state index in [0.717, 1.165) is 5.56 Å². The van der Waals surface area contributed by atoms with E-state index < -0.39 is 0 Å². The summed E-state index contributed by atoms with van der Waals surface area (Å²) in [6.45, 7) is 1.72. The fourth-order valence-corrected chi connectivity index (χ4v) is 2.53. The molecule has 0 aliphatic carbocycles. The molecule has 2 aromatic carbocycles. The van der Waals surface area contributed by atoms with Gasteiger partial charge in [-0.2, -0.15) is 0 Å². The van der Waals surface area contributed by atoms with E-state index in [0.29, 0.717) is 32.8 Å². The zero-order valence-corrected chi connectivity index (χ0v) is 15.0. The molecule has 2 aromatic rings. The van der Waals surface area contributed by atoms with Gasteiger partial charge in [0.1, 0.15) is 0 Å². The molecule has 126 valence electrons. The summed E-state index contributed by atoms with van der Waals surface area (Å²) in [4.78, 5) is 12.3. The summed E-state index contributed by atoms with van der Waals surface area (Å²) in [5, 5.41) is 3.65. The van der Waals surface area contributed by atoms with Crippen LogP contribution in [0.5, 0.6) is 11.5 Å². The zero-order valence-electron chi connectivity index (χ0n) is 13.5. The summed E-state index contributed by atoms with van der Waals surface area (Å²) >= 11 is 11.9. The number of benzene rings is 2. The molecule has 0 aromatic heterocycles. The Labute approximate surface area is 151 Å². The normalized spacial score (nSPS) is 11.1. The lowest BCUT2D eigenvalue weighted by Gasteiger charge is -2.09. The van der Waals surface area contributed by atoms with Gasteiger partial charge in [-0.25, -0.2) is 0 Å². The molecule has 6 heteroatoms. The van der Waals surface area contributed by atoms with Crippen molar-refractivity contribution in [3.8, 4) is 11.5 Å². The van der Waals surface area contributed by atoms with Crippen LogP contribution < -0.4 is 14.8 Å². The quantitative estimate of drug-likeness (QED) is 0.753. The standard InChI is InChI=1S/C18H17Cl2NO3/c1-11(8-12-4-7-16(23-2)17(9-12)24-3)18(22)21-15-6-5-13(19)10-14(15)20/h4-10H,1-3H3,(H,21,22)/b11-8+. The van der Waals surface area contributed by atoms with Gasteiger partial charge in [0.05, 0.1) is 24.9 Å². The van der Waals surface area contributed by atoms with Gasteiger partial charge in [-0.1, -0.05) is 29.3 Å². The Morgan fingerprint density at radius 1 is 1.04 bits per heavy atom. The van der Waals surface area contributed by atoms with Crippen molar-refractivity contribution in [3.05, 3.63) is 57.6 Å². The van der Waals surface area contributed by atoms with E-state index >= 15 is 0 Å². The van der Waals surface area contributed by atoms with Gasteiger partial charge in [-0.15, -0.1) is 0 Å². The number of methoxy groups -OCH3 is 2. The summed E-state index contributed by atoms with van der Waals surface area (Å²) in [5.74, 6) is 0.971. The van der Waals surface area contributed by atoms with Crippen molar-refractivity contribution in [2.75, 3.05) is 19.5 Å². The Balaban J connectivity index is 2.19. The third-order valence-corrected chi connectivity index (χ3v) is 3.88. The molecule has 0 saturated carbocycles. The third-order valence-electron chi connectivity index (χ3n) is 3.33. The Kier molecular flexibility index (Phi) is 6.12. The predicted molar refractivity (Wildman–Crippen MR) is 98.3 cm³/mol. The molecule has 4 nitrogen and oxygen atoms in total. The summed E-state index contributed by atoms with van der Waals surface area (Å²) < 4.78 is 10.5. The van der Waals surface area contributed by atoms with E-state index in [4.69, 9.17) is 32.7 Å². The first-order valence-electron chi connectivity index (χ1n) is 7.11. The van der Waals surface area contributed by atoms with Gasteiger partial charge < -0.3 is 14.8 Å². The van der Waals surface area contributed by atoms with Crippen LogP contribution in [0.15, 0.2) is 42.0 Å². The Bertz CT molecular complexity index is 788. The first-order chi connectivity index (χ1) is 11.4. The molecule has 0 fully saturated rings. The fourth-order valence-electron chi connectivity index (χ4n) is 2.07. The topological polar surface area (TPSA) is 47.6 Å². The van der Waals surface area contributed by atoms with Gasteiger partial charge in [0.25, 0.3) is 5.91 Å². The van der Waals surface area contributed by atoms with Crippen molar-refractivity contribution < 1.29 is 14.3 Å². The second-order valence-electron chi connectivity index (χ2n) is 5.02. The molecule has 0 heterocycles. The average molecular weight is 366 g/mol. The molecule has 0 unspecified atom stereocenters. The lowest BCUT2D eigenvalue weighted by Crippen LogP contribution is -2.12. The fraction of sp³-hybridized carbons (Fsp3) is 0.167.